The van der Waals surface area contributed by atoms with Crippen molar-refractivity contribution in [3.05, 3.63) is 86.8 Å². The number of halogens is 1. The summed E-state index contributed by atoms with van der Waals surface area (Å²) in [6.45, 7) is 0.372. The molecular weight excluding hydrogens is 371 g/mol. The molecule has 5 rings (SSSR count). The highest BCUT2D eigenvalue weighted by Crippen LogP contribution is 2.34. The van der Waals surface area contributed by atoms with Gasteiger partial charge in [0.05, 0.1) is 11.9 Å². The Kier molecular flexibility index (Phi) is 4.32. The zero-order valence-electron chi connectivity index (χ0n) is 15.3. The summed E-state index contributed by atoms with van der Waals surface area (Å²) in [4.78, 5) is 20.7. The van der Waals surface area contributed by atoms with Gasteiger partial charge in [-0.3, -0.25) is 9.36 Å². The SMILES string of the molecule is O=c1c2c3c(sc2nc(-c2ccccc2)n1Cc1ccc(F)cc1)CCCC3. The fourth-order valence-electron chi connectivity index (χ4n) is 3.97. The minimum atomic E-state index is -0.278. The van der Waals surface area contributed by atoms with E-state index >= 15 is 0 Å². The number of nitrogens with zero attached hydrogens (tertiary/aromatic N) is 2. The number of thiophene rings is 1. The lowest BCUT2D eigenvalue weighted by Gasteiger charge is -2.14. The molecule has 0 atom stereocenters. The first-order chi connectivity index (χ1) is 13.7. The number of benzene rings is 2. The van der Waals surface area contributed by atoms with Gasteiger partial charge in [-0.25, -0.2) is 9.37 Å². The third-order valence-corrected chi connectivity index (χ3v) is 6.55. The van der Waals surface area contributed by atoms with Crippen LogP contribution in [0.1, 0.15) is 28.8 Å². The summed E-state index contributed by atoms with van der Waals surface area (Å²) in [7, 11) is 0. The molecule has 0 spiro atoms. The maximum atomic E-state index is 13.6. The van der Waals surface area contributed by atoms with Crippen molar-refractivity contribution in [1.29, 1.82) is 0 Å². The first-order valence-electron chi connectivity index (χ1n) is 9.55. The van der Waals surface area contributed by atoms with Gasteiger partial charge in [-0.2, -0.15) is 0 Å². The van der Waals surface area contributed by atoms with Crippen LogP contribution in [0.4, 0.5) is 4.39 Å². The van der Waals surface area contributed by atoms with Gasteiger partial charge in [-0.05, 0) is 48.9 Å². The van der Waals surface area contributed by atoms with E-state index in [2.05, 4.69) is 0 Å². The monoisotopic (exact) mass is 390 g/mol. The predicted molar refractivity (Wildman–Crippen MR) is 111 cm³/mol. The van der Waals surface area contributed by atoms with Gasteiger partial charge in [-0.15, -0.1) is 11.3 Å². The van der Waals surface area contributed by atoms with Gasteiger partial charge < -0.3 is 0 Å². The van der Waals surface area contributed by atoms with Crippen molar-refractivity contribution in [2.45, 2.75) is 32.2 Å². The molecule has 1 aliphatic rings. The first kappa shape index (κ1) is 17.3. The Bertz CT molecular complexity index is 1210. The summed E-state index contributed by atoms with van der Waals surface area (Å²) in [6.07, 6.45) is 4.29. The summed E-state index contributed by atoms with van der Waals surface area (Å²) in [6, 6.07) is 16.1. The van der Waals surface area contributed by atoms with Crippen LogP contribution in [0.15, 0.2) is 59.4 Å². The Hall–Kier alpha value is -2.79. The van der Waals surface area contributed by atoms with Crippen LogP contribution in [0.3, 0.4) is 0 Å². The predicted octanol–water partition coefficient (Wildman–Crippen LogP) is 5.19. The molecule has 0 aliphatic heterocycles. The lowest BCUT2D eigenvalue weighted by Crippen LogP contribution is -2.24. The topological polar surface area (TPSA) is 34.9 Å². The molecule has 1 aliphatic carbocycles. The van der Waals surface area contributed by atoms with Crippen LogP contribution < -0.4 is 5.56 Å². The number of hydrogen-bond donors (Lipinski definition) is 0. The molecule has 5 heteroatoms. The lowest BCUT2D eigenvalue weighted by molar-refractivity contribution is 0.626. The number of fused-ring (bicyclic) bond motifs is 3. The van der Waals surface area contributed by atoms with Gasteiger partial charge >= 0.3 is 0 Å². The Labute approximate surface area is 166 Å². The molecule has 0 saturated carbocycles. The van der Waals surface area contributed by atoms with E-state index in [1.165, 1.54) is 29.0 Å². The van der Waals surface area contributed by atoms with Crippen LogP contribution in [0, 0.1) is 5.82 Å². The third-order valence-electron chi connectivity index (χ3n) is 5.36. The summed E-state index contributed by atoms with van der Waals surface area (Å²) < 4.78 is 15.1. The highest BCUT2D eigenvalue weighted by molar-refractivity contribution is 7.18. The molecule has 0 fully saturated rings. The van der Waals surface area contributed by atoms with Crippen LogP contribution in [-0.4, -0.2) is 9.55 Å². The Morgan fingerprint density at radius 2 is 1.75 bits per heavy atom. The van der Waals surface area contributed by atoms with Crippen molar-refractivity contribution in [1.82, 2.24) is 9.55 Å². The van der Waals surface area contributed by atoms with Crippen LogP contribution in [-0.2, 0) is 19.4 Å². The second-order valence-corrected chi connectivity index (χ2v) is 8.29. The van der Waals surface area contributed by atoms with E-state index in [0.717, 1.165) is 40.6 Å². The van der Waals surface area contributed by atoms with Gasteiger partial charge in [0.1, 0.15) is 16.5 Å². The van der Waals surface area contributed by atoms with Crippen molar-refractivity contribution in [3.63, 3.8) is 0 Å². The Balaban J connectivity index is 1.76. The fraction of sp³-hybridized carbons (Fsp3) is 0.217. The van der Waals surface area contributed by atoms with Gasteiger partial charge in [0.15, 0.2) is 0 Å². The average Bonchev–Trinajstić information content (AvgIpc) is 3.11. The largest absolute Gasteiger partial charge is 0.288 e. The van der Waals surface area contributed by atoms with Crippen molar-refractivity contribution >= 4 is 21.6 Å². The molecule has 0 N–H and O–H groups in total. The molecule has 0 bridgehead atoms. The smallest absolute Gasteiger partial charge is 0.263 e. The molecule has 4 aromatic rings. The number of aryl methyl sites for hydroxylation is 2. The van der Waals surface area contributed by atoms with Crippen molar-refractivity contribution in [2.75, 3.05) is 0 Å². The quantitative estimate of drug-likeness (QED) is 0.482. The van der Waals surface area contributed by atoms with Gasteiger partial charge in [-0.1, -0.05) is 42.5 Å². The summed E-state index contributed by atoms with van der Waals surface area (Å²) in [5.74, 6) is 0.390. The van der Waals surface area contributed by atoms with Gasteiger partial charge in [0.2, 0.25) is 0 Å². The molecular formula is C23H19FN2OS. The lowest BCUT2D eigenvalue weighted by atomic mass is 9.97. The minimum absolute atomic E-state index is 0.00702. The molecule has 0 unspecified atom stereocenters. The molecule has 28 heavy (non-hydrogen) atoms. The van der Waals surface area contributed by atoms with E-state index in [-0.39, 0.29) is 11.4 Å². The van der Waals surface area contributed by atoms with E-state index in [1.54, 1.807) is 28.0 Å². The summed E-state index contributed by atoms with van der Waals surface area (Å²) in [5.41, 5.74) is 2.99. The number of hydrogen-bond acceptors (Lipinski definition) is 3. The van der Waals surface area contributed by atoms with E-state index < -0.39 is 0 Å². The normalized spacial score (nSPS) is 13.6. The van der Waals surface area contributed by atoms with E-state index in [0.29, 0.717) is 12.4 Å². The van der Waals surface area contributed by atoms with Crippen molar-refractivity contribution in [2.24, 2.45) is 0 Å². The molecule has 2 heterocycles. The van der Waals surface area contributed by atoms with Gasteiger partial charge in [0.25, 0.3) is 5.56 Å². The highest BCUT2D eigenvalue weighted by atomic mass is 32.1. The van der Waals surface area contributed by atoms with Crippen LogP contribution >= 0.6 is 11.3 Å². The maximum Gasteiger partial charge on any atom is 0.263 e. The van der Waals surface area contributed by atoms with E-state index in [1.807, 2.05) is 30.3 Å². The maximum absolute atomic E-state index is 13.6. The first-order valence-corrected chi connectivity index (χ1v) is 10.4. The molecule has 0 radical (unpaired) electrons. The fourth-order valence-corrected chi connectivity index (χ4v) is 5.22. The second-order valence-electron chi connectivity index (χ2n) is 7.21. The molecule has 0 saturated heterocycles. The molecule has 2 aromatic heterocycles. The van der Waals surface area contributed by atoms with Crippen molar-refractivity contribution in [3.8, 4) is 11.4 Å². The minimum Gasteiger partial charge on any atom is -0.288 e. The van der Waals surface area contributed by atoms with E-state index in [4.69, 9.17) is 4.98 Å². The Morgan fingerprint density at radius 3 is 2.54 bits per heavy atom. The molecule has 0 amide bonds. The molecule has 2 aromatic carbocycles. The number of rotatable bonds is 3. The molecule has 3 nitrogen and oxygen atoms in total. The zero-order valence-corrected chi connectivity index (χ0v) is 16.1. The van der Waals surface area contributed by atoms with E-state index in [9.17, 15) is 9.18 Å². The van der Waals surface area contributed by atoms with Crippen LogP contribution in [0.5, 0.6) is 0 Å². The second kappa shape index (κ2) is 6.99. The Morgan fingerprint density at radius 1 is 1.00 bits per heavy atom. The summed E-state index contributed by atoms with van der Waals surface area (Å²) in [5, 5.41) is 0.779. The molecule has 140 valence electrons. The zero-order chi connectivity index (χ0) is 19.1. The average molecular weight is 390 g/mol. The third kappa shape index (κ3) is 2.96. The van der Waals surface area contributed by atoms with Gasteiger partial charge in [0, 0.05) is 10.4 Å². The van der Waals surface area contributed by atoms with Crippen LogP contribution in [0.2, 0.25) is 0 Å². The van der Waals surface area contributed by atoms with Crippen LogP contribution in [0.25, 0.3) is 21.6 Å². The standard InChI is InChI=1S/C23H19FN2OS/c24-17-12-10-15(11-13-17)14-26-21(16-6-2-1-3-7-16)25-22-20(23(26)27)18-8-4-5-9-19(18)28-22/h1-3,6-7,10-13H,4-5,8-9,14H2. The highest BCUT2D eigenvalue weighted by Gasteiger charge is 2.22. The van der Waals surface area contributed by atoms with Crippen molar-refractivity contribution < 1.29 is 4.39 Å². The number of aromatic nitrogens is 2. The summed E-state index contributed by atoms with van der Waals surface area (Å²) >= 11 is 1.67.